The highest BCUT2D eigenvalue weighted by molar-refractivity contribution is 7.57. The van der Waals surface area contributed by atoms with E-state index < -0.39 is 39.7 Å². The molecule has 0 fully saturated rings. The van der Waals surface area contributed by atoms with E-state index in [1.807, 2.05) is 25.1 Å². The Bertz CT molecular complexity index is 745. The first-order valence-electron chi connectivity index (χ1n) is 9.97. The van der Waals surface area contributed by atoms with Crippen LogP contribution in [0.15, 0.2) is 18.2 Å². The van der Waals surface area contributed by atoms with Gasteiger partial charge in [0.15, 0.2) is 0 Å². The Morgan fingerprint density at radius 3 is 1.42 bits per heavy atom. The van der Waals surface area contributed by atoms with Gasteiger partial charge in [0.05, 0.1) is 0 Å². The average Bonchev–Trinajstić information content (AvgIpc) is 2.67. The van der Waals surface area contributed by atoms with Crippen molar-refractivity contribution in [3.8, 4) is 0 Å². The summed E-state index contributed by atoms with van der Waals surface area (Å²) in [6, 6.07) is 5.96. The van der Waals surface area contributed by atoms with Crippen LogP contribution in [0, 0.1) is 6.92 Å². The van der Waals surface area contributed by atoms with Crippen LogP contribution in [0.3, 0.4) is 0 Å². The van der Waals surface area contributed by atoms with Crippen molar-refractivity contribution in [1.29, 1.82) is 0 Å². The highest BCUT2D eigenvalue weighted by atomic mass is 31.1. The number of aliphatic carboxylic acids is 4. The fourth-order valence-corrected chi connectivity index (χ4v) is 7.75. The van der Waals surface area contributed by atoms with Crippen LogP contribution in [-0.2, 0) is 31.5 Å². The molecule has 0 saturated heterocycles. The van der Waals surface area contributed by atoms with Gasteiger partial charge in [0.1, 0.15) is 0 Å². The van der Waals surface area contributed by atoms with Gasteiger partial charge in [-0.25, -0.2) is 0 Å². The van der Waals surface area contributed by atoms with Crippen LogP contribution in [0.1, 0.15) is 42.4 Å². The first kappa shape index (κ1) is 27.0. The number of carboxylic acid groups (broad SMARTS) is 4. The van der Waals surface area contributed by atoms with Crippen molar-refractivity contribution in [2.45, 2.75) is 44.9 Å². The number of rotatable bonds is 16. The molecule has 0 aliphatic rings. The zero-order chi connectivity index (χ0) is 23.4. The van der Waals surface area contributed by atoms with Gasteiger partial charge in [-0.05, 0) is 60.6 Å². The molecule has 0 aliphatic carbocycles. The summed E-state index contributed by atoms with van der Waals surface area (Å²) in [7, 11) is -1.51. The normalized spacial score (nSPS) is 11.1. The topological polar surface area (TPSA) is 149 Å². The quantitative estimate of drug-likeness (QED) is 0.265. The summed E-state index contributed by atoms with van der Waals surface area (Å²) < 4.78 is 0. The van der Waals surface area contributed by atoms with Crippen molar-refractivity contribution in [3.05, 3.63) is 34.9 Å². The molecule has 0 unspecified atom stereocenters. The molecule has 0 heterocycles. The molecular weight excluding hydrogens is 442 g/mol. The van der Waals surface area contributed by atoms with Crippen LogP contribution >= 0.6 is 15.8 Å². The third-order valence-corrected chi connectivity index (χ3v) is 9.80. The Morgan fingerprint density at radius 1 is 0.677 bits per heavy atom. The first-order valence-corrected chi connectivity index (χ1v) is 13.8. The summed E-state index contributed by atoms with van der Waals surface area (Å²) in [5, 5.41) is 35.8. The molecule has 10 heteroatoms. The lowest BCUT2D eigenvalue weighted by molar-refractivity contribution is -0.137. The smallest absolute Gasteiger partial charge is 0.303 e. The van der Waals surface area contributed by atoms with E-state index in [-0.39, 0.29) is 25.7 Å². The van der Waals surface area contributed by atoms with Crippen molar-refractivity contribution < 1.29 is 39.6 Å². The molecule has 1 rings (SSSR count). The van der Waals surface area contributed by atoms with Gasteiger partial charge >= 0.3 is 23.9 Å². The van der Waals surface area contributed by atoms with Gasteiger partial charge in [-0.15, -0.1) is 15.8 Å². The predicted molar refractivity (Wildman–Crippen MR) is 121 cm³/mol. The lowest BCUT2D eigenvalue weighted by Gasteiger charge is -2.20. The lowest BCUT2D eigenvalue weighted by atomic mass is 10.1. The van der Waals surface area contributed by atoms with Gasteiger partial charge in [0.25, 0.3) is 0 Å². The number of carbonyl (C=O) groups is 4. The van der Waals surface area contributed by atoms with E-state index in [2.05, 4.69) is 0 Å². The molecule has 0 saturated carbocycles. The molecule has 172 valence electrons. The summed E-state index contributed by atoms with van der Waals surface area (Å²) in [4.78, 5) is 43.7. The number of carboxylic acids is 4. The Hall–Kier alpha value is -2.04. The SMILES string of the molecule is Cc1cc(CP(CCC(=O)O)CCC(=O)O)ccc1CP(CCC(=O)O)CCC(=O)O. The fourth-order valence-electron chi connectivity index (χ4n) is 3.09. The fraction of sp³-hybridized carbons (Fsp3) is 0.524. The van der Waals surface area contributed by atoms with Gasteiger partial charge in [-0.3, -0.25) is 19.2 Å². The van der Waals surface area contributed by atoms with E-state index in [1.54, 1.807) is 0 Å². The second-order valence-corrected chi connectivity index (χ2v) is 12.5. The molecule has 1 aromatic rings. The Morgan fingerprint density at radius 2 is 1.06 bits per heavy atom. The highest BCUT2D eigenvalue weighted by Gasteiger charge is 2.16. The second-order valence-electron chi connectivity index (χ2n) is 7.39. The third kappa shape index (κ3) is 12.4. The summed E-state index contributed by atoms with van der Waals surface area (Å²) >= 11 is 0. The standard InChI is InChI=1S/C21H30O8P2/c1-15-12-16(13-30(8-4-18(22)23)9-5-19(24)25)2-3-17(15)14-31(10-6-20(26)27)11-7-21(28)29/h2-3,12H,4-11,13-14H2,1H3,(H,22,23)(H,24,25)(H,26,27)(H,28,29). The molecule has 0 aliphatic heterocycles. The molecule has 0 radical (unpaired) electrons. The van der Waals surface area contributed by atoms with Gasteiger partial charge < -0.3 is 20.4 Å². The molecule has 0 atom stereocenters. The summed E-state index contributed by atoms with van der Waals surface area (Å²) in [6.45, 7) is 1.96. The Balaban J connectivity index is 2.84. The number of hydrogen-bond donors (Lipinski definition) is 4. The van der Waals surface area contributed by atoms with E-state index in [0.717, 1.165) is 16.7 Å². The van der Waals surface area contributed by atoms with Crippen molar-refractivity contribution in [2.24, 2.45) is 0 Å². The maximum absolute atomic E-state index is 10.9. The van der Waals surface area contributed by atoms with Gasteiger partial charge in [0.2, 0.25) is 0 Å². The monoisotopic (exact) mass is 472 g/mol. The van der Waals surface area contributed by atoms with Crippen LogP contribution in [-0.4, -0.2) is 69.0 Å². The number of hydrogen-bond acceptors (Lipinski definition) is 4. The van der Waals surface area contributed by atoms with Gasteiger partial charge in [0, 0.05) is 25.7 Å². The predicted octanol–water partition coefficient (Wildman–Crippen LogP) is 3.86. The number of aryl methyl sites for hydroxylation is 1. The molecule has 1 aromatic carbocycles. The zero-order valence-corrected chi connectivity index (χ0v) is 19.4. The molecule has 0 spiro atoms. The van der Waals surface area contributed by atoms with Crippen LogP contribution in [0.25, 0.3) is 0 Å². The maximum Gasteiger partial charge on any atom is 0.303 e. The van der Waals surface area contributed by atoms with Crippen LogP contribution in [0.5, 0.6) is 0 Å². The molecule has 0 aromatic heterocycles. The van der Waals surface area contributed by atoms with E-state index in [4.69, 9.17) is 20.4 Å². The molecule has 0 bridgehead atoms. The van der Waals surface area contributed by atoms with Crippen LogP contribution < -0.4 is 0 Å². The van der Waals surface area contributed by atoms with Crippen molar-refractivity contribution in [2.75, 3.05) is 24.6 Å². The van der Waals surface area contributed by atoms with E-state index in [0.29, 0.717) is 37.0 Å². The van der Waals surface area contributed by atoms with E-state index in [1.165, 1.54) is 0 Å². The van der Waals surface area contributed by atoms with Crippen LogP contribution in [0.4, 0.5) is 0 Å². The van der Waals surface area contributed by atoms with Crippen molar-refractivity contribution >= 4 is 39.7 Å². The van der Waals surface area contributed by atoms with Gasteiger partial charge in [-0.1, -0.05) is 18.2 Å². The number of benzene rings is 1. The minimum atomic E-state index is -0.884. The van der Waals surface area contributed by atoms with E-state index in [9.17, 15) is 19.2 Å². The molecule has 4 N–H and O–H groups in total. The first-order chi connectivity index (χ1) is 14.6. The Labute approximate surface area is 184 Å². The highest BCUT2D eigenvalue weighted by Crippen LogP contribution is 2.43. The minimum absolute atomic E-state index is 0.0276. The summed E-state index contributed by atoms with van der Waals surface area (Å²) in [6.07, 6.45) is 3.35. The summed E-state index contributed by atoms with van der Waals surface area (Å²) in [5.74, 6) is -3.53. The van der Waals surface area contributed by atoms with Gasteiger partial charge in [-0.2, -0.15) is 0 Å². The molecule has 0 amide bonds. The maximum atomic E-state index is 10.9. The lowest BCUT2D eigenvalue weighted by Crippen LogP contribution is -2.06. The average molecular weight is 472 g/mol. The molecular formula is C21H30O8P2. The third-order valence-electron chi connectivity index (χ3n) is 4.77. The second kappa shape index (κ2) is 14.1. The summed E-state index contributed by atoms with van der Waals surface area (Å²) in [5.41, 5.74) is 3.12. The Kier molecular flexibility index (Phi) is 12.3. The van der Waals surface area contributed by atoms with Crippen molar-refractivity contribution in [3.63, 3.8) is 0 Å². The molecule has 8 nitrogen and oxygen atoms in total. The molecule has 31 heavy (non-hydrogen) atoms. The minimum Gasteiger partial charge on any atom is -0.481 e. The van der Waals surface area contributed by atoms with E-state index >= 15 is 0 Å². The zero-order valence-electron chi connectivity index (χ0n) is 17.6. The largest absolute Gasteiger partial charge is 0.481 e. The van der Waals surface area contributed by atoms with Crippen molar-refractivity contribution in [1.82, 2.24) is 0 Å². The van der Waals surface area contributed by atoms with Crippen LogP contribution in [0.2, 0.25) is 0 Å².